The van der Waals surface area contributed by atoms with Crippen LogP contribution in [0.2, 0.25) is 0 Å². The topological polar surface area (TPSA) is 93.9 Å². The Hall–Kier alpha value is -1.75. The first kappa shape index (κ1) is 9.34. The van der Waals surface area contributed by atoms with Gasteiger partial charge in [0.25, 0.3) is 0 Å². The average Bonchev–Trinajstić information content (AvgIpc) is 2.15. The van der Waals surface area contributed by atoms with Crippen LogP contribution in [0.4, 0.5) is 0 Å². The minimum absolute atomic E-state index is 0.00256. The lowest BCUT2D eigenvalue weighted by Crippen LogP contribution is -2.23. The molecule has 5 heteroatoms. The van der Waals surface area contributed by atoms with Crippen LogP contribution in [0.25, 0.3) is 0 Å². The zero-order valence-corrected chi connectivity index (χ0v) is 6.97. The summed E-state index contributed by atoms with van der Waals surface area (Å²) in [5, 5.41) is 12.1. The first-order chi connectivity index (χ1) is 6.22. The number of guanidine groups is 1. The maximum atomic E-state index is 8.74. The molecular formula is C8H11N3O2. The van der Waals surface area contributed by atoms with Gasteiger partial charge in [-0.05, 0) is 22.9 Å². The summed E-state index contributed by atoms with van der Waals surface area (Å²) in [5.41, 5.74) is 10.9. The smallest absolute Gasteiger partial charge is 0.228 e. The van der Waals surface area contributed by atoms with Crippen LogP contribution in [-0.4, -0.2) is 11.1 Å². The minimum Gasteiger partial charge on any atom is -0.392 e. The number of hydrogen-bond donors (Lipinski definition) is 3. The molecule has 0 aromatic heterocycles. The molecule has 0 saturated carbocycles. The van der Waals surface area contributed by atoms with Crippen LogP contribution in [0.1, 0.15) is 5.56 Å². The van der Waals surface area contributed by atoms with Crippen molar-refractivity contribution in [2.45, 2.75) is 6.61 Å². The SMILES string of the molecule is NC(N)=NOc1ccc(CO)cc1. The Balaban J connectivity index is 2.64. The number of rotatable bonds is 3. The summed E-state index contributed by atoms with van der Waals surface area (Å²) in [6, 6.07) is 6.77. The molecule has 1 aromatic carbocycles. The monoisotopic (exact) mass is 181 g/mol. The highest BCUT2D eigenvalue weighted by Gasteiger charge is 1.93. The van der Waals surface area contributed by atoms with E-state index < -0.39 is 0 Å². The third-order valence-corrected chi connectivity index (χ3v) is 1.36. The van der Waals surface area contributed by atoms with Gasteiger partial charge in [0.2, 0.25) is 5.96 Å². The maximum Gasteiger partial charge on any atom is 0.228 e. The van der Waals surface area contributed by atoms with Gasteiger partial charge in [-0.3, -0.25) is 0 Å². The molecule has 0 fully saturated rings. The van der Waals surface area contributed by atoms with E-state index in [9.17, 15) is 0 Å². The van der Waals surface area contributed by atoms with Gasteiger partial charge in [-0.1, -0.05) is 12.1 Å². The van der Waals surface area contributed by atoms with Crippen molar-refractivity contribution >= 4 is 5.96 Å². The molecule has 5 N–H and O–H groups in total. The number of nitrogens with two attached hydrogens (primary N) is 2. The van der Waals surface area contributed by atoms with E-state index in [1.807, 2.05) is 0 Å². The molecule has 70 valence electrons. The van der Waals surface area contributed by atoms with E-state index in [4.69, 9.17) is 21.4 Å². The first-order valence-electron chi connectivity index (χ1n) is 3.68. The molecule has 0 unspecified atom stereocenters. The number of aliphatic hydroxyl groups excluding tert-OH is 1. The molecule has 13 heavy (non-hydrogen) atoms. The molecule has 0 bridgehead atoms. The Morgan fingerprint density at radius 3 is 2.38 bits per heavy atom. The molecule has 0 radical (unpaired) electrons. The summed E-state index contributed by atoms with van der Waals surface area (Å²) in [6.45, 7) is 0.00256. The number of benzene rings is 1. The number of aliphatic hydroxyl groups is 1. The van der Waals surface area contributed by atoms with Crippen molar-refractivity contribution < 1.29 is 9.94 Å². The first-order valence-corrected chi connectivity index (χ1v) is 3.68. The lowest BCUT2D eigenvalue weighted by Gasteiger charge is -1.99. The number of oxime groups is 1. The largest absolute Gasteiger partial charge is 0.392 e. The highest BCUT2D eigenvalue weighted by atomic mass is 16.6. The van der Waals surface area contributed by atoms with Crippen LogP contribution >= 0.6 is 0 Å². The summed E-state index contributed by atoms with van der Waals surface area (Å²) in [5.74, 6) is 0.386. The predicted octanol–water partition coefficient (Wildman–Crippen LogP) is -0.254. The molecule has 0 atom stereocenters. The van der Waals surface area contributed by atoms with Gasteiger partial charge in [0.15, 0.2) is 5.75 Å². The molecule has 0 amide bonds. The minimum atomic E-state index is -0.133. The fourth-order valence-electron chi connectivity index (χ4n) is 0.761. The van der Waals surface area contributed by atoms with Crippen molar-refractivity contribution in [3.8, 4) is 5.75 Å². The van der Waals surface area contributed by atoms with Gasteiger partial charge in [0.1, 0.15) is 0 Å². The Kier molecular flexibility index (Phi) is 3.10. The third-order valence-electron chi connectivity index (χ3n) is 1.36. The molecule has 0 aliphatic carbocycles. The fraction of sp³-hybridized carbons (Fsp3) is 0.125. The summed E-state index contributed by atoms with van der Waals surface area (Å²) >= 11 is 0. The van der Waals surface area contributed by atoms with E-state index in [2.05, 4.69) is 5.16 Å². The fourth-order valence-corrected chi connectivity index (χ4v) is 0.761. The van der Waals surface area contributed by atoms with E-state index in [0.717, 1.165) is 5.56 Å². The summed E-state index contributed by atoms with van der Waals surface area (Å²) in [4.78, 5) is 4.82. The molecule has 0 aliphatic heterocycles. The van der Waals surface area contributed by atoms with Gasteiger partial charge < -0.3 is 21.4 Å². The van der Waals surface area contributed by atoms with E-state index in [-0.39, 0.29) is 12.6 Å². The molecule has 5 nitrogen and oxygen atoms in total. The zero-order chi connectivity index (χ0) is 9.68. The predicted molar refractivity (Wildman–Crippen MR) is 48.8 cm³/mol. The second-order valence-corrected chi connectivity index (χ2v) is 2.41. The van der Waals surface area contributed by atoms with Gasteiger partial charge in [-0.2, -0.15) is 0 Å². The van der Waals surface area contributed by atoms with Crippen LogP contribution in [0, 0.1) is 0 Å². The van der Waals surface area contributed by atoms with Crippen LogP contribution in [0.15, 0.2) is 29.4 Å². The molecule has 0 saturated heterocycles. The quantitative estimate of drug-likeness (QED) is 0.340. The van der Waals surface area contributed by atoms with Gasteiger partial charge in [0.05, 0.1) is 6.61 Å². The van der Waals surface area contributed by atoms with Crippen molar-refractivity contribution in [1.82, 2.24) is 0 Å². The average molecular weight is 181 g/mol. The molecule has 0 spiro atoms. The Morgan fingerprint density at radius 1 is 1.31 bits per heavy atom. The maximum absolute atomic E-state index is 8.74. The van der Waals surface area contributed by atoms with Crippen molar-refractivity contribution in [3.05, 3.63) is 29.8 Å². The molecule has 0 heterocycles. The summed E-state index contributed by atoms with van der Waals surface area (Å²) in [7, 11) is 0. The van der Waals surface area contributed by atoms with Crippen molar-refractivity contribution in [1.29, 1.82) is 0 Å². The lowest BCUT2D eigenvalue weighted by molar-refractivity contribution is 0.281. The van der Waals surface area contributed by atoms with Crippen LogP contribution in [0.3, 0.4) is 0 Å². The molecule has 0 aliphatic rings. The number of hydrogen-bond acceptors (Lipinski definition) is 3. The number of nitrogens with zero attached hydrogens (tertiary/aromatic N) is 1. The van der Waals surface area contributed by atoms with Gasteiger partial charge >= 0.3 is 0 Å². The summed E-state index contributed by atoms with van der Waals surface area (Å²) < 4.78 is 0. The van der Waals surface area contributed by atoms with Crippen molar-refractivity contribution in [2.75, 3.05) is 0 Å². The van der Waals surface area contributed by atoms with Crippen LogP contribution < -0.4 is 16.3 Å². The van der Waals surface area contributed by atoms with Gasteiger partial charge in [0, 0.05) is 0 Å². The third kappa shape index (κ3) is 3.00. The second kappa shape index (κ2) is 4.32. The molecule has 1 aromatic rings. The Bertz CT molecular complexity index is 291. The van der Waals surface area contributed by atoms with Crippen LogP contribution in [0.5, 0.6) is 5.75 Å². The van der Waals surface area contributed by atoms with E-state index >= 15 is 0 Å². The van der Waals surface area contributed by atoms with Crippen LogP contribution in [-0.2, 0) is 6.61 Å². The second-order valence-electron chi connectivity index (χ2n) is 2.41. The van der Waals surface area contributed by atoms with E-state index in [0.29, 0.717) is 5.75 Å². The summed E-state index contributed by atoms with van der Waals surface area (Å²) in [6.07, 6.45) is 0. The highest BCUT2D eigenvalue weighted by molar-refractivity contribution is 5.75. The standard InChI is InChI=1S/C8H11N3O2/c9-8(10)11-13-7-3-1-6(5-12)2-4-7/h1-4,12H,5H2,(H4,9,10,11). The van der Waals surface area contributed by atoms with Crippen molar-refractivity contribution in [2.24, 2.45) is 16.6 Å². The molecular weight excluding hydrogens is 170 g/mol. The normalized spacial score (nSPS) is 9.31. The van der Waals surface area contributed by atoms with Gasteiger partial charge in [-0.15, -0.1) is 0 Å². The zero-order valence-electron chi connectivity index (χ0n) is 6.97. The lowest BCUT2D eigenvalue weighted by atomic mass is 10.2. The van der Waals surface area contributed by atoms with E-state index in [1.165, 1.54) is 0 Å². The highest BCUT2D eigenvalue weighted by Crippen LogP contribution is 2.11. The van der Waals surface area contributed by atoms with E-state index in [1.54, 1.807) is 24.3 Å². The Morgan fingerprint density at radius 2 is 1.92 bits per heavy atom. The Labute approximate surface area is 75.6 Å². The van der Waals surface area contributed by atoms with Crippen molar-refractivity contribution in [3.63, 3.8) is 0 Å². The molecule has 1 rings (SSSR count). The van der Waals surface area contributed by atoms with Gasteiger partial charge in [-0.25, -0.2) is 0 Å².